The maximum absolute atomic E-state index is 14.4. The van der Waals surface area contributed by atoms with E-state index in [4.69, 9.17) is 21.4 Å². The van der Waals surface area contributed by atoms with Gasteiger partial charge >= 0.3 is 0 Å². The number of likely N-dealkylation sites (tertiary alicyclic amines) is 1. The molecule has 0 amide bonds. The Hall–Kier alpha value is -1.91. The molecule has 5 heterocycles. The highest BCUT2D eigenvalue weighted by atomic mass is 35.5. The molecule has 1 spiro atoms. The number of aromatic nitrogens is 3. The number of nitrogens with zero attached hydrogens (tertiary/aromatic N) is 4. The van der Waals surface area contributed by atoms with Crippen LogP contribution in [0.5, 0.6) is 0 Å². The molecule has 3 aromatic heterocycles. The van der Waals surface area contributed by atoms with Gasteiger partial charge in [0, 0.05) is 60.1 Å². The molecule has 0 bridgehead atoms. The molecule has 0 aliphatic carbocycles. The summed E-state index contributed by atoms with van der Waals surface area (Å²) in [6.45, 7) is 4.37. The standard InChI is InChI=1S/C23H26ClF2N5OS/c1-15-17(13-31(29-15)21-16(11-27-2)4-3-7-28-21)12-30-8-5-22(6-9-30)20-18(10-19(24)33-20)23(25,26)14-32-22/h3-4,7,10,13,27H,5-6,8-9,11-12,14H2,1-2H3. The van der Waals surface area contributed by atoms with Crippen molar-refractivity contribution in [1.82, 2.24) is 25.0 Å². The summed E-state index contributed by atoms with van der Waals surface area (Å²) in [7, 11) is 1.91. The fourth-order valence-corrected chi connectivity index (χ4v) is 6.23. The molecule has 0 unspecified atom stereocenters. The number of nitrogens with one attached hydrogen (secondary N) is 1. The molecule has 0 atom stereocenters. The van der Waals surface area contributed by atoms with Gasteiger partial charge in [-0.05, 0) is 38.9 Å². The topological polar surface area (TPSA) is 55.2 Å². The van der Waals surface area contributed by atoms with Crippen molar-refractivity contribution in [3.05, 3.63) is 62.2 Å². The van der Waals surface area contributed by atoms with Gasteiger partial charge in [-0.15, -0.1) is 11.3 Å². The molecular formula is C23H26ClF2N5OS. The summed E-state index contributed by atoms with van der Waals surface area (Å²) in [4.78, 5) is 7.45. The van der Waals surface area contributed by atoms with Crippen molar-refractivity contribution in [2.45, 2.75) is 44.4 Å². The highest BCUT2D eigenvalue weighted by Gasteiger charge is 2.51. The van der Waals surface area contributed by atoms with E-state index >= 15 is 0 Å². The van der Waals surface area contributed by atoms with E-state index in [-0.39, 0.29) is 5.56 Å². The lowest BCUT2D eigenvalue weighted by molar-refractivity contribution is -0.182. The van der Waals surface area contributed by atoms with Gasteiger partial charge in [0.15, 0.2) is 5.82 Å². The highest BCUT2D eigenvalue weighted by Crippen LogP contribution is 2.52. The van der Waals surface area contributed by atoms with Crippen LogP contribution in [0.2, 0.25) is 4.34 Å². The molecule has 6 nitrogen and oxygen atoms in total. The average Bonchev–Trinajstić information content (AvgIpc) is 3.37. The van der Waals surface area contributed by atoms with Gasteiger partial charge in [-0.2, -0.15) is 13.9 Å². The van der Waals surface area contributed by atoms with Crippen LogP contribution in [-0.4, -0.2) is 46.4 Å². The number of pyridine rings is 1. The van der Waals surface area contributed by atoms with Crippen LogP contribution in [0.3, 0.4) is 0 Å². The van der Waals surface area contributed by atoms with E-state index in [1.54, 1.807) is 6.20 Å². The molecule has 0 radical (unpaired) electrons. The lowest BCUT2D eigenvalue weighted by Crippen LogP contribution is -2.48. The van der Waals surface area contributed by atoms with Crippen LogP contribution in [-0.2, 0) is 29.3 Å². The van der Waals surface area contributed by atoms with E-state index in [1.807, 2.05) is 37.0 Å². The minimum Gasteiger partial charge on any atom is -0.363 e. The van der Waals surface area contributed by atoms with E-state index in [0.717, 1.165) is 42.3 Å². The molecule has 1 saturated heterocycles. The minimum atomic E-state index is -2.98. The van der Waals surface area contributed by atoms with Crippen molar-refractivity contribution < 1.29 is 13.5 Å². The third kappa shape index (κ3) is 4.21. The van der Waals surface area contributed by atoms with Crippen molar-refractivity contribution in [1.29, 1.82) is 0 Å². The van der Waals surface area contributed by atoms with Gasteiger partial charge in [0.1, 0.15) is 12.2 Å². The third-order valence-electron chi connectivity index (χ3n) is 6.55. The number of halogens is 3. The largest absolute Gasteiger partial charge is 0.363 e. The first-order valence-electron chi connectivity index (χ1n) is 11.0. The van der Waals surface area contributed by atoms with Crippen molar-refractivity contribution in [2.24, 2.45) is 0 Å². The van der Waals surface area contributed by atoms with E-state index < -0.39 is 18.1 Å². The number of hydrogen-bond donors (Lipinski definition) is 1. The van der Waals surface area contributed by atoms with Crippen LogP contribution in [0.1, 0.15) is 40.1 Å². The second kappa shape index (κ2) is 8.70. The first kappa shape index (κ1) is 22.9. The molecule has 1 fully saturated rings. The van der Waals surface area contributed by atoms with E-state index in [1.165, 1.54) is 17.4 Å². The van der Waals surface area contributed by atoms with Crippen molar-refractivity contribution in [2.75, 3.05) is 26.7 Å². The van der Waals surface area contributed by atoms with Gasteiger partial charge in [-0.1, -0.05) is 17.7 Å². The molecule has 3 aromatic rings. The lowest BCUT2D eigenvalue weighted by atomic mass is 9.84. The molecule has 10 heteroatoms. The van der Waals surface area contributed by atoms with Crippen molar-refractivity contribution >= 4 is 22.9 Å². The predicted molar refractivity (Wildman–Crippen MR) is 124 cm³/mol. The second-order valence-corrected chi connectivity index (χ2v) is 10.4. The summed E-state index contributed by atoms with van der Waals surface area (Å²) in [6, 6.07) is 5.38. The number of thiophene rings is 1. The number of piperidine rings is 1. The summed E-state index contributed by atoms with van der Waals surface area (Å²) in [5, 5.41) is 7.87. The molecular weight excluding hydrogens is 468 g/mol. The summed E-state index contributed by atoms with van der Waals surface area (Å²) in [6.07, 6.45) is 5.13. The second-order valence-electron chi connectivity index (χ2n) is 8.76. The van der Waals surface area contributed by atoms with Gasteiger partial charge in [0.25, 0.3) is 5.92 Å². The Morgan fingerprint density at radius 1 is 1.27 bits per heavy atom. The molecule has 5 rings (SSSR count). The normalized spacial score (nSPS) is 19.7. The molecule has 176 valence electrons. The van der Waals surface area contributed by atoms with Crippen LogP contribution in [0, 0.1) is 6.92 Å². The Labute approximate surface area is 200 Å². The van der Waals surface area contributed by atoms with E-state index in [0.29, 0.717) is 28.6 Å². The molecule has 2 aliphatic rings. The molecule has 2 aliphatic heterocycles. The minimum absolute atomic E-state index is 0.0436. The van der Waals surface area contributed by atoms with E-state index in [9.17, 15) is 8.78 Å². The number of aryl methyl sites for hydroxylation is 1. The maximum Gasteiger partial charge on any atom is 0.297 e. The number of alkyl halides is 2. The summed E-state index contributed by atoms with van der Waals surface area (Å²) >= 11 is 7.35. The molecule has 1 N–H and O–H groups in total. The van der Waals surface area contributed by atoms with Crippen molar-refractivity contribution in [3.63, 3.8) is 0 Å². The first-order chi connectivity index (χ1) is 15.8. The summed E-state index contributed by atoms with van der Waals surface area (Å²) in [5.74, 6) is -2.16. The third-order valence-corrected chi connectivity index (χ3v) is 8.00. The molecule has 33 heavy (non-hydrogen) atoms. The monoisotopic (exact) mass is 493 g/mol. The number of hydrogen-bond acceptors (Lipinski definition) is 6. The Kier molecular flexibility index (Phi) is 6.03. The van der Waals surface area contributed by atoms with Crippen LogP contribution in [0.15, 0.2) is 30.6 Å². The number of ether oxygens (including phenoxy) is 1. The van der Waals surface area contributed by atoms with E-state index in [2.05, 4.69) is 15.2 Å². The smallest absolute Gasteiger partial charge is 0.297 e. The summed E-state index contributed by atoms with van der Waals surface area (Å²) in [5.41, 5.74) is 2.54. The zero-order chi connectivity index (χ0) is 23.2. The zero-order valence-electron chi connectivity index (χ0n) is 18.6. The fourth-order valence-electron chi connectivity index (χ4n) is 4.75. The van der Waals surface area contributed by atoms with Crippen LogP contribution < -0.4 is 5.32 Å². The predicted octanol–water partition coefficient (Wildman–Crippen LogP) is 4.62. The zero-order valence-corrected chi connectivity index (χ0v) is 20.1. The Morgan fingerprint density at radius 3 is 2.82 bits per heavy atom. The average molecular weight is 494 g/mol. The quantitative estimate of drug-likeness (QED) is 0.562. The Morgan fingerprint density at radius 2 is 2.06 bits per heavy atom. The van der Waals surface area contributed by atoms with Crippen LogP contribution in [0.4, 0.5) is 8.78 Å². The van der Waals surface area contributed by atoms with Crippen LogP contribution in [0.25, 0.3) is 5.82 Å². The fraction of sp³-hybridized carbons (Fsp3) is 0.478. The maximum atomic E-state index is 14.4. The Bertz CT molecular complexity index is 1160. The van der Waals surface area contributed by atoms with Gasteiger partial charge in [0.2, 0.25) is 0 Å². The van der Waals surface area contributed by atoms with Gasteiger partial charge in [0.05, 0.1) is 10.0 Å². The first-order valence-corrected chi connectivity index (χ1v) is 12.2. The molecule has 0 saturated carbocycles. The number of fused-ring (bicyclic) bond motifs is 2. The summed E-state index contributed by atoms with van der Waals surface area (Å²) < 4.78 is 36.8. The SMILES string of the molecule is CNCc1cccnc1-n1cc(CN2CCC3(CC2)OCC(F)(F)c2cc(Cl)sc23)c(C)n1. The Balaban J connectivity index is 1.31. The molecule has 0 aromatic carbocycles. The van der Waals surface area contributed by atoms with Crippen molar-refractivity contribution in [3.8, 4) is 5.82 Å². The van der Waals surface area contributed by atoms with Gasteiger partial charge < -0.3 is 10.1 Å². The van der Waals surface area contributed by atoms with Gasteiger partial charge in [-0.3, -0.25) is 4.90 Å². The lowest BCUT2D eigenvalue weighted by Gasteiger charge is -2.45. The van der Waals surface area contributed by atoms with Crippen LogP contribution >= 0.6 is 22.9 Å². The van der Waals surface area contributed by atoms with Gasteiger partial charge in [-0.25, -0.2) is 9.67 Å². The highest BCUT2D eigenvalue weighted by molar-refractivity contribution is 7.16. The number of rotatable bonds is 5.